The Morgan fingerprint density at radius 3 is 2.59 bits per heavy atom. The van der Waals surface area contributed by atoms with Crippen LogP contribution in [-0.2, 0) is 16.1 Å². The predicted molar refractivity (Wildman–Crippen MR) is 109 cm³/mol. The number of pyridine rings is 1. The zero-order chi connectivity index (χ0) is 19.4. The summed E-state index contributed by atoms with van der Waals surface area (Å²) in [6, 6.07) is 14.5. The molecule has 0 fully saturated rings. The minimum atomic E-state index is -0.261. The van der Waals surface area contributed by atoms with Crippen molar-refractivity contribution in [2.75, 3.05) is 12.3 Å². The van der Waals surface area contributed by atoms with Crippen LogP contribution in [0.4, 0.5) is 5.69 Å². The van der Waals surface area contributed by atoms with E-state index in [4.69, 9.17) is 22.1 Å². The van der Waals surface area contributed by atoms with Crippen LogP contribution in [0.1, 0.15) is 19.8 Å². The Morgan fingerprint density at radius 2 is 1.89 bits per heavy atom. The largest absolute Gasteiger partial charge is 0.466 e. The molecule has 5 nitrogen and oxygen atoms in total. The average molecular weight is 385 g/mol. The lowest BCUT2D eigenvalue weighted by atomic mass is 10.0. The number of hydrogen-bond donors (Lipinski definition) is 1. The topological polar surface area (TPSA) is 74.3 Å². The number of carbonyl (C=O) groups excluding carboxylic acids is 1. The van der Waals surface area contributed by atoms with Crippen molar-refractivity contribution in [3.05, 3.63) is 63.9 Å². The molecular weight excluding hydrogens is 364 g/mol. The Morgan fingerprint density at radius 1 is 1.15 bits per heavy atom. The summed E-state index contributed by atoms with van der Waals surface area (Å²) < 4.78 is 6.64. The van der Waals surface area contributed by atoms with Crippen molar-refractivity contribution in [2.24, 2.45) is 0 Å². The highest BCUT2D eigenvalue weighted by molar-refractivity contribution is 6.30. The quantitative estimate of drug-likeness (QED) is 0.509. The molecule has 0 unspecified atom stereocenters. The first kappa shape index (κ1) is 19.0. The summed E-state index contributed by atoms with van der Waals surface area (Å²) in [5, 5.41) is 1.52. The maximum absolute atomic E-state index is 13.2. The molecular formula is C21H21ClN2O3. The number of nitrogen functional groups attached to an aromatic ring is 1. The summed E-state index contributed by atoms with van der Waals surface area (Å²) in [7, 11) is 0. The van der Waals surface area contributed by atoms with Crippen molar-refractivity contribution in [3.63, 3.8) is 0 Å². The molecule has 2 aromatic carbocycles. The highest BCUT2D eigenvalue weighted by Gasteiger charge is 2.12. The lowest BCUT2D eigenvalue weighted by molar-refractivity contribution is -0.143. The van der Waals surface area contributed by atoms with E-state index >= 15 is 0 Å². The van der Waals surface area contributed by atoms with Gasteiger partial charge in [-0.2, -0.15) is 0 Å². The van der Waals surface area contributed by atoms with Crippen LogP contribution in [0.5, 0.6) is 0 Å². The van der Waals surface area contributed by atoms with Crippen LogP contribution < -0.4 is 11.3 Å². The Bertz CT molecular complexity index is 1030. The number of aromatic nitrogens is 1. The van der Waals surface area contributed by atoms with E-state index in [-0.39, 0.29) is 17.9 Å². The van der Waals surface area contributed by atoms with E-state index in [0.717, 1.165) is 16.5 Å². The van der Waals surface area contributed by atoms with Gasteiger partial charge in [0.25, 0.3) is 5.56 Å². The van der Waals surface area contributed by atoms with E-state index in [1.807, 2.05) is 24.3 Å². The first-order chi connectivity index (χ1) is 13.0. The zero-order valence-corrected chi connectivity index (χ0v) is 15.8. The second kappa shape index (κ2) is 8.27. The molecule has 2 N–H and O–H groups in total. The number of benzene rings is 2. The summed E-state index contributed by atoms with van der Waals surface area (Å²) in [6.45, 7) is 2.53. The third-order valence-electron chi connectivity index (χ3n) is 4.34. The molecule has 140 valence electrons. The maximum atomic E-state index is 13.2. The van der Waals surface area contributed by atoms with Gasteiger partial charge in [0.2, 0.25) is 0 Å². The molecule has 0 amide bonds. The lowest BCUT2D eigenvalue weighted by Gasteiger charge is -2.14. The van der Waals surface area contributed by atoms with E-state index in [1.54, 1.807) is 35.8 Å². The van der Waals surface area contributed by atoms with Gasteiger partial charge in [-0.05, 0) is 54.6 Å². The molecule has 0 aliphatic heterocycles. The number of hydrogen-bond acceptors (Lipinski definition) is 4. The van der Waals surface area contributed by atoms with Crippen LogP contribution in [0.25, 0.3) is 22.0 Å². The molecule has 3 aromatic rings. The van der Waals surface area contributed by atoms with Gasteiger partial charge in [-0.1, -0.05) is 29.8 Å². The van der Waals surface area contributed by atoms with Gasteiger partial charge in [0.1, 0.15) is 0 Å². The van der Waals surface area contributed by atoms with Gasteiger partial charge >= 0.3 is 5.97 Å². The molecule has 0 aliphatic rings. The smallest absolute Gasteiger partial charge is 0.305 e. The maximum Gasteiger partial charge on any atom is 0.305 e. The molecule has 0 saturated heterocycles. The number of ether oxygens (including phenoxy) is 1. The second-order valence-electron chi connectivity index (χ2n) is 6.25. The van der Waals surface area contributed by atoms with Gasteiger partial charge in [0.05, 0.1) is 12.1 Å². The van der Waals surface area contributed by atoms with Gasteiger partial charge in [-0.25, -0.2) is 0 Å². The zero-order valence-electron chi connectivity index (χ0n) is 15.1. The van der Waals surface area contributed by atoms with Crippen molar-refractivity contribution < 1.29 is 9.53 Å². The van der Waals surface area contributed by atoms with Crippen LogP contribution in [0.15, 0.2) is 53.3 Å². The lowest BCUT2D eigenvalue weighted by Crippen LogP contribution is -2.23. The molecule has 1 heterocycles. The van der Waals surface area contributed by atoms with Crippen LogP contribution in [0.2, 0.25) is 5.02 Å². The van der Waals surface area contributed by atoms with Crippen LogP contribution in [-0.4, -0.2) is 17.1 Å². The Balaban J connectivity index is 2.04. The number of anilines is 1. The van der Waals surface area contributed by atoms with Gasteiger partial charge in [0.15, 0.2) is 0 Å². The molecule has 3 rings (SSSR count). The minimum Gasteiger partial charge on any atom is -0.466 e. The fourth-order valence-corrected chi connectivity index (χ4v) is 3.19. The number of halogens is 1. The third kappa shape index (κ3) is 4.31. The average Bonchev–Trinajstić information content (AvgIpc) is 2.64. The van der Waals surface area contributed by atoms with Gasteiger partial charge in [0, 0.05) is 29.2 Å². The first-order valence-electron chi connectivity index (χ1n) is 8.84. The van der Waals surface area contributed by atoms with Crippen molar-refractivity contribution in [1.82, 2.24) is 4.57 Å². The van der Waals surface area contributed by atoms with Crippen molar-refractivity contribution in [3.8, 4) is 11.1 Å². The third-order valence-corrected chi connectivity index (χ3v) is 4.60. The van der Waals surface area contributed by atoms with E-state index < -0.39 is 0 Å². The minimum absolute atomic E-state index is 0.126. The van der Waals surface area contributed by atoms with Crippen molar-refractivity contribution in [1.29, 1.82) is 0 Å². The number of nitrogens with two attached hydrogens (primary N) is 1. The number of esters is 1. The molecule has 6 heteroatoms. The number of aryl methyl sites for hydroxylation is 1. The molecule has 1 aromatic heterocycles. The molecule has 0 radical (unpaired) electrons. The van der Waals surface area contributed by atoms with Crippen molar-refractivity contribution >= 4 is 34.2 Å². The molecule has 0 atom stereocenters. The standard InChI is InChI=1S/C21H21ClN2O3/c1-2-27-20(25)4-3-11-24-19-13-17(23)10-7-15(19)12-18(21(24)26)14-5-8-16(22)9-6-14/h5-10,12-13H,2-4,11,23H2,1H3. The number of rotatable bonds is 6. The van der Waals surface area contributed by atoms with Gasteiger partial charge in [-0.3, -0.25) is 9.59 Å². The van der Waals surface area contributed by atoms with E-state index in [1.165, 1.54) is 0 Å². The number of fused-ring (bicyclic) bond motifs is 1. The fourth-order valence-electron chi connectivity index (χ4n) is 3.06. The Kier molecular flexibility index (Phi) is 5.81. The van der Waals surface area contributed by atoms with E-state index in [2.05, 4.69) is 0 Å². The summed E-state index contributed by atoms with van der Waals surface area (Å²) in [5.41, 5.74) is 8.51. The molecule has 27 heavy (non-hydrogen) atoms. The molecule has 0 aliphatic carbocycles. The van der Waals surface area contributed by atoms with E-state index in [0.29, 0.717) is 35.8 Å². The number of carbonyl (C=O) groups is 1. The predicted octanol–water partition coefficient (Wildman–Crippen LogP) is 4.25. The van der Waals surface area contributed by atoms with Gasteiger partial charge < -0.3 is 15.0 Å². The van der Waals surface area contributed by atoms with Crippen LogP contribution in [0.3, 0.4) is 0 Å². The molecule has 0 saturated carbocycles. The first-order valence-corrected chi connectivity index (χ1v) is 9.22. The number of nitrogens with zero attached hydrogens (tertiary/aromatic N) is 1. The highest BCUT2D eigenvalue weighted by Crippen LogP contribution is 2.24. The fraction of sp³-hybridized carbons (Fsp3) is 0.238. The SMILES string of the molecule is CCOC(=O)CCCn1c(=O)c(-c2ccc(Cl)cc2)cc2ccc(N)cc21. The molecule has 0 spiro atoms. The monoisotopic (exact) mass is 384 g/mol. The van der Waals surface area contributed by atoms with Crippen LogP contribution >= 0.6 is 11.6 Å². The molecule has 0 bridgehead atoms. The highest BCUT2D eigenvalue weighted by atomic mass is 35.5. The summed E-state index contributed by atoms with van der Waals surface area (Å²) in [4.78, 5) is 24.8. The van der Waals surface area contributed by atoms with Crippen LogP contribution in [0, 0.1) is 0 Å². The van der Waals surface area contributed by atoms with Crippen molar-refractivity contribution in [2.45, 2.75) is 26.3 Å². The Labute approximate surface area is 162 Å². The summed E-state index contributed by atoms with van der Waals surface area (Å²) in [5.74, 6) is -0.261. The second-order valence-corrected chi connectivity index (χ2v) is 6.68. The van der Waals surface area contributed by atoms with Gasteiger partial charge in [-0.15, -0.1) is 0 Å². The summed E-state index contributed by atoms with van der Waals surface area (Å²) in [6.07, 6.45) is 0.766. The normalized spacial score (nSPS) is 10.9. The Hall–Kier alpha value is -2.79. The van der Waals surface area contributed by atoms with E-state index in [9.17, 15) is 9.59 Å². The summed E-state index contributed by atoms with van der Waals surface area (Å²) >= 11 is 5.97.